The third kappa shape index (κ3) is 2.55. The molecule has 1 N–H and O–H groups in total. The Labute approximate surface area is 145 Å². The maximum absolute atomic E-state index is 12.4. The lowest BCUT2D eigenvalue weighted by atomic mass is 10.3. The van der Waals surface area contributed by atoms with E-state index in [1.807, 2.05) is 30.3 Å². The molecule has 132 valence electrons. The number of nitrogens with zero attached hydrogens (tertiary/aromatic N) is 7. The molecule has 11 heteroatoms. The van der Waals surface area contributed by atoms with E-state index in [9.17, 15) is 9.59 Å². The van der Waals surface area contributed by atoms with E-state index >= 15 is 0 Å². The monoisotopic (exact) mass is 354 g/mol. The van der Waals surface area contributed by atoms with Gasteiger partial charge in [-0.3, -0.25) is 13.9 Å². The Hall–Kier alpha value is -3.76. The fourth-order valence-corrected chi connectivity index (χ4v) is 2.55. The summed E-state index contributed by atoms with van der Waals surface area (Å²) in [5.74, 6) is 0.242. The molecule has 0 aliphatic heterocycles. The highest BCUT2D eigenvalue weighted by atomic mass is 16.4. The average molecular weight is 354 g/mol. The van der Waals surface area contributed by atoms with Crippen LogP contribution in [0.5, 0.6) is 0 Å². The van der Waals surface area contributed by atoms with Gasteiger partial charge in [0.2, 0.25) is 5.89 Å². The summed E-state index contributed by atoms with van der Waals surface area (Å²) in [6.45, 7) is 0.0490. The summed E-state index contributed by atoms with van der Waals surface area (Å²) in [5, 5.41) is 18.7. The lowest BCUT2D eigenvalue weighted by Gasteiger charge is -2.03. The van der Waals surface area contributed by atoms with Crippen molar-refractivity contribution in [1.29, 1.82) is 0 Å². The fraction of sp³-hybridized carbons (Fsp3) is 0.200. The highest BCUT2D eigenvalue weighted by Crippen LogP contribution is 2.15. The quantitative estimate of drug-likeness (QED) is 0.543. The van der Waals surface area contributed by atoms with Crippen LogP contribution < -0.4 is 16.6 Å². The highest BCUT2D eigenvalue weighted by Gasteiger charge is 2.17. The van der Waals surface area contributed by atoms with Crippen molar-refractivity contribution < 1.29 is 4.42 Å². The van der Waals surface area contributed by atoms with Gasteiger partial charge in [-0.05, 0) is 12.1 Å². The maximum Gasteiger partial charge on any atom is 0.332 e. The second-order valence-electron chi connectivity index (χ2n) is 5.62. The molecule has 3 heterocycles. The molecule has 26 heavy (non-hydrogen) atoms. The third-order valence-electron chi connectivity index (χ3n) is 3.89. The Morgan fingerprint density at radius 2 is 1.81 bits per heavy atom. The molecule has 4 aromatic rings. The van der Waals surface area contributed by atoms with Gasteiger partial charge in [-0.1, -0.05) is 28.5 Å². The molecule has 3 aromatic heterocycles. The zero-order chi connectivity index (χ0) is 18.3. The molecule has 11 nitrogen and oxygen atoms in total. The molecule has 0 radical (unpaired) electrons. The number of benzene rings is 1. The minimum absolute atomic E-state index is 0.0490. The summed E-state index contributed by atoms with van der Waals surface area (Å²) in [4.78, 5) is 24.3. The van der Waals surface area contributed by atoms with Gasteiger partial charge in [0.15, 0.2) is 11.2 Å². The van der Waals surface area contributed by atoms with Crippen LogP contribution in [0.1, 0.15) is 5.89 Å². The summed E-state index contributed by atoms with van der Waals surface area (Å²) in [5.41, 5.74) is 0.223. The van der Waals surface area contributed by atoms with Crippen molar-refractivity contribution in [3.05, 3.63) is 57.1 Å². The van der Waals surface area contributed by atoms with Crippen LogP contribution in [-0.2, 0) is 20.6 Å². The smallest absolute Gasteiger partial charge is 0.332 e. The van der Waals surface area contributed by atoms with Crippen molar-refractivity contribution in [3.8, 4) is 0 Å². The lowest BCUT2D eigenvalue weighted by Crippen LogP contribution is -2.37. The molecule has 4 rings (SSSR count). The van der Waals surface area contributed by atoms with E-state index in [-0.39, 0.29) is 29.6 Å². The number of hydrogen-bond donors (Lipinski definition) is 1. The summed E-state index contributed by atoms with van der Waals surface area (Å²) in [7, 11) is 2.92. The predicted octanol–water partition coefficient (Wildman–Crippen LogP) is 0.00360. The molecule has 0 aliphatic carbocycles. The van der Waals surface area contributed by atoms with Crippen LogP contribution in [0.25, 0.3) is 11.2 Å². The highest BCUT2D eigenvalue weighted by molar-refractivity contribution is 5.68. The SMILES string of the molecule is Cn1c(=O)c2c(nnn2Cc2nnc(Nc3ccccc3)o2)n(C)c1=O. The van der Waals surface area contributed by atoms with Gasteiger partial charge in [-0.2, -0.15) is 0 Å². The van der Waals surface area contributed by atoms with Crippen molar-refractivity contribution in [2.45, 2.75) is 6.54 Å². The first kappa shape index (κ1) is 15.7. The van der Waals surface area contributed by atoms with Gasteiger partial charge in [-0.15, -0.1) is 10.2 Å². The maximum atomic E-state index is 12.4. The standard InChI is InChI=1S/C15H14N8O3/c1-21-12-11(13(24)22(2)15(21)25)23(20-18-12)8-10-17-19-14(26-10)16-9-6-4-3-5-7-9/h3-7H,8H2,1-2H3,(H,16,19). The molecular formula is C15H14N8O3. The molecule has 0 aliphatic rings. The predicted molar refractivity (Wildman–Crippen MR) is 91.1 cm³/mol. The van der Waals surface area contributed by atoms with Crippen LogP contribution in [0, 0.1) is 0 Å². The van der Waals surface area contributed by atoms with Crippen LogP contribution in [0.4, 0.5) is 11.7 Å². The summed E-state index contributed by atoms with van der Waals surface area (Å²) < 4.78 is 9.12. The second-order valence-corrected chi connectivity index (χ2v) is 5.62. The van der Waals surface area contributed by atoms with Crippen molar-refractivity contribution in [2.24, 2.45) is 14.1 Å². The zero-order valence-electron chi connectivity index (χ0n) is 13.9. The van der Waals surface area contributed by atoms with Crippen molar-refractivity contribution in [1.82, 2.24) is 34.3 Å². The Bertz CT molecular complexity index is 1200. The number of fused-ring (bicyclic) bond motifs is 1. The fourth-order valence-electron chi connectivity index (χ4n) is 2.55. The van der Waals surface area contributed by atoms with Crippen LogP contribution >= 0.6 is 0 Å². The minimum Gasteiger partial charge on any atom is -0.406 e. The van der Waals surface area contributed by atoms with E-state index in [4.69, 9.17) is 4.42 Å². The second kappa shape index (κ2) is 5.95. The molecule has 0 saturated heterocycles. The Kier molecular flexibility index (Phi) is 3.60. The number of rotatable bonds is 4. The van der Waals surface area contributed by atoms with Crippen molar-refractivity contribution in [3.63, 3.8) is 0 Å². The largest absolute Gasteiger partial charge is 0.406 e. The topological polar surface area (TPSA) is 126 Å². The molecule has 0 bridgehead atoms. The van der Waals surface area contributed by atoms with E-state index in [0.717, 1.165) is 10.3 Å². The van der Waals surface area contributed by atoms with Gasteiger partial charge < -0.3 is 9.73 Å². The molecule has 0 atom stereocenters. The molecule has 0 fully saturated rings. The van der Waals surface area contributed by atoms with E-state index < -0.39 is 11.2 Å². The Morgan fingerprint density at radius 3 is 2.58 bits per heavy atom. The van der Waals surface area contributed by atoms with Crippen LogP contribution in [0.3, 0.4) is 0 Å². The first-order valence-corrected chi connectivity index (χ1v) is 7.68. The van der Waals surface area contributed by atoms with Crippen LogP contribution in [0.2, 0.25) is 0 Å². The van der Waals surface area contributed by atoms with E-state index in [1.54, 1.807) is 0 Å². The first-order chi connectivity index (χ1) is 12.5. The van der Waals surface area contributed by atoms with Crippen molar-refractivity contribution in [2.75, 3.05) is 5.32 Å². The molecular weight excluding hydrogens is 340 g/mol. The third-order valence-corrected chi connectivity index (χ3v) is 3.89. The molecule has 0 amide bonds. The number of para-hydroxylation sites is 1. The lowest BCUT2D eigenvalue weighted by molar-refractivity contribution is 0.475. The average Bonchev–Trinajstić information content (AvgIpc) is 3.26. The Balaban J connectivity index is 1.67. The molecule has 0 spiro atoms. The van der Waals surface area contributed by atoms with E-state index in [2.05, 4.69) is 25.8 Å². The number of nitrogens with one attached hydrogen (secondary N) is 1. The summed E-state index contributed by atoms with van der Waals surface area (Å²) >= 11 is 0. The van der Waals surface area contributed by atoms with E-state index in [1.165, 1.54) is 23.3 Å². The summed E-state index contributed by atoms with van der Waals surface area (Å²) in [6.07, 6.45) is 0. The molecule has 1 aromatic carbocycles. The van der Waals surface area contributed by atoms with Crippen LogP contribution in [-0.4, -0.2) is 34.3 Å². The molecule has 0 unspecified atom stereocenters. The number of anilines is 2. The van der Waals surface area contributed by atoms with Gasteiger partial charge in [0.05, 0.1) is 0 Å². The van der Waals surface area contributed by atoms with Gasteiger partial charge in [-0.25, -0.2) is 9.48 Å². The first-order valence-electron chi connectivity index (χ1n) is 7.68. The summed E-state index contributed by atoms with van der Waals surface area (Å²) in [6, 6.07) is 9.59. The zero-order valence-corrected chi connectivity index (χ0v) is 13.9. The van der Waals surface area contributed by atoms with Gasteiger partial charge in [0.25, 0.3) is 5.56 Å². The normalized spacial score (nSPS) is 11.2. The number of aryl methyl sites for hydroxylation is 1. The van der Waals surface area contributed by atoms with Crippen molar-refractivity contribution >= 4 is 22.9 Å². The van der Waals surface area contributed by atoms with Crippen LogP contribution in [0.15, 0.2) is 44.3 Å². The van der Waals surface area contributed by atoms with Gasteiger partial charge >= 0.3 is 11.7 Å². The van der Waals surface area contributed by atoms with Gasteiger partial charge in [0, 0.05) is 19.8 Å². The number of hydrogen-bond acceptors (Lipinski definition) is 8. The molecule has 0 saturated carbocycles. The van der Waals surface area contributed by atoms with E-state index in [0.29, 0.717) is 0 Å². The van der Waals surface area contributed by atoms with Gasteiger partial charge in [0.1, 0.15) is 6.54 Å². The Morgan fingerprint density at radius 1 is 1.04 bits per heavy atom. The number of aromatic nitrogens is 7. The minimum atomic E-state index is -0.491.